The fourth-order valence-electron chi connectivity index (χ4n) is 2.47. The molecule has 1 aliphatic rings. The van der Waals surface area contributed by atoms with Crippen LogP contribution in [0.3, 0.4) is 0 Å². The summed E-state index contributed by atoms with van der Waals surface area (Å²) >= 11 is 1.92. The van der Waals surface area contributed by atoms with Crippen LogP contribution in [0.1, 0.15) is 47.7 Å². The molecule has 1 unspecified atom stereocenters. The van der Waals surface area contributed by atoms with E-state index >= 15 is 0 Å². The van der Waals surface area contributed by atoms with Crippen LogP contribution < -0.4 is 5.73 Å². The molecule has 1 saturated heterocycles. The third-order valence-corrected chi connectivity index (χ3v) is 5.18. The first kappa shape index (κ1) is 14.0. The lowest BCUT2D eigenvalue weighted by Crippen LogP contribution is -2.29. The molecule has 18 heavy (non-hydrogen) atoms. The maximum Gasteiger partial charge on any atom is 0.0962 e. The van der Waals surface area contributed by atoms with Crippen molar-refractivity contribution in [3.05, 3.63) is 15.6 Å². The molecule has 1 aromatic rings. The number of nitrogens with two attached hydrogens (primary N) is 1. The Bertz CT molecular complexity index is 378. The van der Waals surface area contributed by atoms with Crippen molar-refractivity contribution in [1.82, 2.24) is 9.88 Å². The van der Waals surface area contributed by atoms with Crippen molar-refractivity contribution >= 4 is 11.3 Å². The van der Waals surface area contributed by atoms with E-state index in [1.807, 2.05) is 11.3 Å². The van der Waals surface area contributed by atoms with Gasteiger partial charge in [-0.05, 0) is 59.7 Å². The van der Waals surface area contributed by atoms with Gasteiger partial charge in [0.2, 0.25) is 0 Å². The van der Waals surface area contributed by atoms with Crippen molar-refractivity contribution < 1.29 is 0 Å². The van der Waals surface area contributed by atoms with Gasteiger partial charge in [-0.15, -0.1) is 11.3 Å². The molecule has 0 amide bonds. The highest BCUT2D eigenvalue weighted by atomic mass is 32.1. The maximum absolute atomic E-state index is 5.83. The molecule has 0 bridgehead atoms. The third kappa shape index (κ3) is 3.53. The first-order chi connectivity index (χ1) is 8.56. The predicted molar refractivity (Wildman–Crippen MR) is 78.3 cm³/mol. The van der Waals surface area contributed by atoms with Crippen LogP contribution in [0.2, 0.25) is 0 Å². The topological polar surface area (TPSA) is 42.2 Å². The second-order valence-corrected chi connectivity index (χ2v) is 6.77. The maximum atomic E-state index is 5.83. The van der Waals surface area contributed by atoms with Gasteiger partial charge in [0.1, 0.15) is 0 Å². The van der Waals surface area contributed by atoms with E-state index in [9.17, 15) is 0 Å². The third-order valence-electron chi connectivity index (χ3n) is 3.80. The van der Waals surface area contributed by atoms with Crippen molar-refractivity contribution in [1.29, 1.82) is 0 Å². The Balaban J connectivity index is 1.99. The second-order valence-electron chi connectivity index (χ2n) is 5.65. The summed E-state index contributed by atoms with van der Waals surface area (Å²) < 4.78 is 0. The standard InChI is InChI=1S/C14H25N3S/c1-10(15)4-5-13-11(2)16-14(18-13)12-6-8-17(3)9-7-12/h10,12H,4-9,15H2,1-3H3. The summed E-state index contributed by atoms with van der Waals surface area (Å²) in [6.45, 7) is 6.64. The summed E-state index contributed by atoms with van der Waals surface area (Å²) in [5.41, 5.74) is 7.06. The predicted octanol–water partition coefficient (Wildman–Crippen LogP) is 2.54. The average Bonchev–Trinajstić information content (AvgIpc) is 2.69. The minimum atomic E-state index is 0.290. The zero-order chi connectivity index (χ0) is 13.1. The Kier molecular flexibility index (Phi) is 4.76. The zero-order valence-corrected chi connectivity index (χ0v) is 12.6. The zero-order valence-electron chi connectivity index (χ0n) is 11.8. The Morgan fingerprint density at radius 2 is 2.11 bits per heavy atom. The Morgan fingerprint density at radius 1 is 1.44 bits per heavy atom. The van der Waals surface area contributed by atoms with Crippen LogP contribution in [0.4, 0.5) is 0 Å². The average molecular weight is 267 g/mol. The molecule has 2 heterocycles. The largest absolute Gasteiger partial charge is 0.328 e. The van der Waals surface area contributed by atoms with Crippen LogP contribution in [-0.2, 0) is 6.42 Å². The lowest BCUT2D eigenvalue weighted by Gasteiger charge is -2.27. The van der Waals surface area contributed by atoms with Gasteiger partial charge in [-0.1, -0.05) is 0 Å². The van der Waals surface area contributed by atoms with Gasteiger partial charge < -0.3 is 10.6 Å². The molecular weight excluding hydrogens is 242 g/mol. The number of likely N-dealkylation sites (tertiary alicyclic amines) is 1. The van der Waals surface area contributed by atoms with Crippen LogP contribution in [0.15, 0.2) is 0 Å². The first-order valence-corrected chi connectivity index (χ1v) is 7.78. The molecule has 2 rings (SSSR count). The summed E-state index contributed by atoms with van der Waals surface area (Å²) in [6, 6.07) is 0.290. The van der Waals surface area contributed by atoms with Crippen molar-refractivity contribution in [2.75, 3.05) is 20.1 Å². The molecule has 0 radical (unpaired) electrons. The van der Waals surface area contributed by atoms with Crippen LogP contribution in [0.5, 0.6) is 0 Å². The van der Waals surface area contributed by atoms with Crippen molar-refractivity contribution in [2.24, 2.45) is 5.73 Å². The van der Waals surface area contributed by atoms with E-state index in [2.05, 4.69) is 25.8 Å². The number of thiazole rings is 1. The van der Waals surface area contributed by atoms with Gasteiger partial charge in [0.25, 0.3) is 0 Å². The number of hydrogen-bond donors (Lipinski definition) is 1. The Morgan fingerprint density at radius 3 is 2.72 bits per heavy atom. The molecule has 1 atom stereocenters. The van der Waals surface area contributed by atoms with Gasteiger partial charge in [0, 0.05) is 16.8 Å². The van der Waals surface area contributed by atoms with E-state index in [0.29, 0.717) is 12.0 Å². The van der Waals surface area contributed by atoms with Crippen LogP contribution in [-0.4, -0.2) is 36.1 Å². The fourth-order valence-corrected chi connectivity index (χ4v) is 3.72. The monoisotopic (exact) mass is 267 g/mol. The van der Waals surface area contributed by atoms with Crippen molar-refractivity contribution in [3.8, 4) is 0 Å². The summed E-state index contributed by atoms with van der Waals surface area (Å²) in [5, 5.41) is 1.36. The Labute approximate surface area is 114 Å². The van der Waals surface area contributed by atoms with Gasteiger partial charge >= 0.3 is 0 Å². The normalized spacial score (nSPS) is 20.2. The number of hydrogen-bond acceptors (Lipinski definition) is 4. The van der Waals surface area contributed by atoms with Crippen LogP contribution in [0, 0.1) is 6.92 Å². The molecule has 2 N–H and O–H groups in total. The van der Waals surface area contributed by atoms with Gasteiger partial charge in [-0.2, -0.15) is 0 Å². The summed E-state index contributed by atoms with van der Waals surface area (Å²) in [5.74, 6) is 0.689. The van der Waals surface area contributed by atoms with E-state index in [-0.39, 0.29) is 0 Å². The van der Waals surface area contributed by atoms with E-state index in [0.717, 1.165) is 12.8 Å². The summed E-state index contributed by atoms with van der Waals surface area (Å²) in [7, 11) is 2.21. The molecule has 3 nitrogen and oxygen atoms in total. The number of piperidine rings is 1. The van der Waals surface area contributed by atoms with Crippen molar-refractivity contribution in [3.63, 3.8) is 0 Å². The van der Waals surface area contributed by atoms with E-state index < -0.39 is 0 Å². The smallest absolute Gasteiger partial charge is 0.0962 e. The van der Waals surface area contributed by atoms with E-state index in [1.54, 1.807) is 0 Å². The van der Waals surface area contributed by atoms with Gasteiger partial charge in [-0.3, -0.25) is 0 Å². The first-order valence-electron chi connectivity index (χ1n) is 6.96. The van der Waals surface area contributed by atoms with Gasteiger partial charge in [0.05, 0.1) is 10.7 Å². The molecule has 0 spiro atoms. The number of rotatable bonds is 4. The minimum Gasteiger partial charge on any atom is -0.328 e. The van der Waals surface area contributed by atoms with Gasteiger partial charge in [0.15, 0.2) is 0 Å². The molecule has 4 heteroatoms. The lowest BCUT2D eigenvalue weighted by molar-refractivity contribution is 0.255. The van der Waals surface area contributed by atoms with E-state index in [4.69, 9.17) is 10.7 Å². The van der Waals surface area contributed by atoms with Crippen LogP contribution >= 0.6 is 11.3 Å². The van der Waals surface area contributed by atoms with E-state index in [1.165, 1.54) is 41.5 Å². The number of nitrogens with zero attached hydrogens (tertiary/aromatic N) is 2. The summed E-state index contributed by atoms with van der Waals surface area (Å²) in [6.07, 6.45) is 4.68. The highest BCUT2D eigenvalue weighted by molar-refractivity contribution is 7.11. The molecule has 102 valence electrons. The second kappa shape index (κ2) is 6.13. The highest BCUT2D eigenvalue weighted by Crippen LogP contribution is 2.32. The molecule has 0 aliphatic carbocycles. The molecule has 0 aromatic carbocycles. The van der Waals surface area contributed by atoms with Crippen LogP contribution in [0.25, 0.3) is 0 Å². The molecule has 1 aromatic heterocycles. The quantitative estimate of drug-likeness (QED) is 0.911. The minimum absolute atomic E-state index is 0.290. The molecule has 1 aliphatic heterocycles. The SMILES string of the molecule is Cc1nc(C2CCN(C)CC2)sc1CCC(C)N. The Hall–Kier alpha value is -0.450. The van der Waals surface area contributed by atoms with Crippen molar-refractivity contribution in [2.45, 2.75) is 51.5 Å². The van der Waals surface area contributed by atoms with Gasteiger partial charge in [-0.25, -0.2) is 4.98 Å². The molecular formula is C14H25N3S. The number of aryl methyl sites for hydroxylation is 2. The molecule has 1 fully saturated rings. The number of aromatic nitrogens is 1. The fraction of sp³-hybridized carbons (Fsp3) is 0.786. The molecule has 0 saturated carbocycles. The lowest BCUT2D eigenvalue weighted by atomic mass is 9.98. The summed E-state index contributed by atoms with van der Waals surface area (Å²) in [4.78, 5) is 8.65. The highest BCUT2D eigenvalue weighted by Gasteiger charge is 2.22.